The molecular weight excluding hydrogens is 390 g/mol. The molecule has 2 heterocycles. The summed E-state index contributed by atoms with van der Waals surface area (Å²) in [5.41, 5.74) is 2.18. The van der Waals surface area contributed by atoms with Crippen LogP contribution in [0.3, 0.4) is 0 Å². The van der Waals surface area contributed by atoms with Gasteiger partial charge in [0.2, 0.25) is 10.0 Å². The average Bonchev–Trinajstić information content (AvgIpc) is 3.34. The Hall–Kier alpha value is -2.42. The summed E-state index contributed by atoms with van der Waals surface area (Å²) < 4.78 is 29.2. The molecule has 1 saturated heterocycles. The molecule has 4 rings (SSSR count). The normalized spacial score (nSPS) is 19.0. The minimum absolute atomic E-state index is 0.0570. The van der Waals surface area contributed by atoms with Gasteiger partial charge in [-0.15, -0.1) is 0 Å². The molecule has 1 fully saturated rings. The lowest BCUT2D eigenvalue weighted by atomic mass is 10.1. The highest BCUT2D eigenvalue weighted by Gasteiger charge is 2.28. The first kappa shape index (κ1) is 19.9. The fraction of sp³-hybridized carbons (Fsp3) is 0.381. The Morgan fingerprint density at radius 1 is 1.24 bits per heavy atom. The van der Waals surface area contributed by atoms with Gasteiger partial charge in [-0.05, 0) is 42.6 Å². The molecule has 0 saturated carbocycles. The van der Waals surface area contributed by atoms with E-state index in [1.165, 1.54) is 17.7 Å². The van der Waals surface area contributed by atoms with Crippen LogP contribution in [-0.2, 0) is 23.0 Å². The van der Waals surface area contributed by atoms with Gasteiger partial charge in [0.25, 0.3) is 5.91 Å². The number of hydrogen-bond acceptors (Lipinski definition) is 5. The second-order valence-electron chi connectivity index (χ2n) is 7.56. The molecule has 2 aliphatic rings. The van der Waals surface area contributed by atoms with Crippen molar-refractivity contribution in [2.45, 2.75) is 36.7 Å². The van der Waals surface area contributed by atoms with Crippen molar-refractivity contribution in [3.05, 3.63) is 59.2 Å². The molecule has 3 N–H and O–H groups in total. The Balaban J connectivity index is 1.46. The molecule has 8 heteroatoms. The molecule has 0 aliphatic carbocycles. The number of nitrogens with two attached hydrogens (primary N) is 1. The van der Waals surface area contributed by atoms with Crippen molar-refractivity contribution in [3.8, 4) is 5.75 Å². The van der Waals surface area contributed by atoms with Crippen LogP contribution in [0, 0.1) is 0 Å². The molecule has 1 unspecified atom stereocenters. The molecule has 0 bridgehead atoms. The Bertz CT molecular complexity index is 1010. The number of likely N-dealkylation sites (tertiary alicyclic amines) is 1. The maximum Gasteiger partial charge on any atom is 0.255 e. The predicted molar refractivity (Wildman–Crippen MR) is 109 cm³/mol. The standard InChI is InChI=1S/C21H25N3O4S/c22-29(26,27)18-11-16-8-10-28-20(16)19(12-18)21(25)23-13-17-7-4-9-24(17)14-15-5-2-1-3-6-15/h1-3,5-6,11-12,17H,4,7-10,13-14H2,(H,23,25)(H2,22,26,27). The number of sulfonamides is 1. The zero-order chi connectivity index (χ0) is 20.4. The number of hydrogen-bond donors (Lipinski definition) is 2. The van der Waals surface area contributed by atoms with E-state index in [-0.39, 0.29) is 22.4 Å². The van der Waals surface area contributed by atoms with Gasteiger partial charge in [0.1, 0.15) is 5.75 Å². The first-order valence-electron chi connectivity index (χ1n) is 9.80. The minimum atomic E-state index is -3.90. The molecule has 0 spiro atoms. The molecule has 1 amide bonds. The van der Waals surface area contributed by atoms with E-state index in [2.05, 4.69) is 22.3 Å². The topological polar surface area (TPSA) is 102 Å². The highest BCUT2D eigenvalue weighted by molar-refractivity contribution is 7.89. The van der Waals surface area contributed by atoms with Crippen LogP contribution in [0.25, 0.3) is 0 Å². The maximum absolute atomic E-state index is 12.9. The fourth-order valence-corrected chi connectivity index (χ4v) is 4.66. The number of nitrogens with one attached hydrogen (secondary N) is 1. The van der Waals surface area contributed by atoms with Crippen molar-refractivity contribution in [3.63, 3.8) is 0 Å². The van der Waals surface area contributed by atoms with Crippen LogP contribution >= 0.6 is 0 Å². The third kappa shape index (κ3) is 4.44. The molecule has 2 aromatic carbocycles. The lowest BCUT2D eigenvalue weighted by molar-refractivity contribution is 0.0936. The fourth-order valence-electron chi connectivity index (χ4n) is 4.07. The zero-order valence-corrected chi connectivity index (χ0v) is 17.0. The number of ether oxygens (including phenoxy) is 1. The van der Waals surface area contributed by atoms with Crippen molar-refractivity contribution in [2.24, 2.45) is 5.14 Å². The van der Waals surface area contributed by atoms with E-state index >= 15 is 0 Å². The highest BCUT2D eigenvalue weighted by atomic mass is 32.2. The summed E-state index contributed by atoms with van der Waals surface area (Å²) in [6, 6.07) is 13.3. The lowest BCUT2D eigenvalue weighted by Gasteiger charge is -2.25. The van der Waals surface area contributed by atoms with Crippen molar-refractivity contribution in [2.75, 3.05) is 19.7 Å². The molecule has 1 atom stereocenters. The summed E-state index contributed by atoms with van der Waals surface area (Å²) in [5.74, 6) is 0.127. The van der Waals surface area contributed by atoms with E-state index < -0.39 is 10.0 Å². The second-order valence-corrected chi connectivity index (χ2v) is 9.13. The van der Waals surface area contributed by atoms with Crippen LogP contribution in [0.5, 0.6) is 5.75 Å². The summed E-state index contributed by atoms with van der Waals surface area (Å²) >= 11 is 0. The molecule has 0 radical (unpaired) electrons. The van der Waals surface area contributed by atoms with Crippen LogP contribution < -0.4 is 15.2 Å². The monoisotopic (exact) mass is 415 g/mol. The van der Waals surface area contributed by atoms with Gasteiger partial charge in [-0.3, -0.25) is 9.69 Å². The smallest absolute Gasteiger partial charge is 0.255 e. The molecule has 2 aliphatic heterocycles. The molecule has 7 nitrogen and oxygen atoms in total. The van der Waals surface area contributed by atoms with Gasteiger partial charge in [-0.25, -0.2) is 13.6 Å². The van der Waals surface area contributed by atoms with Gasteiger partial charge in [-0.2, -0.15) is 0 Å². The van der Waals surface area contributed by atoms with Crippen molar-refractivity contribution in [1.82, 2.24) is 10.2 Å². The Labute approximate surface area is 170 Å². The quantitative estimate of drug-likeness (QED) is 0.747. The third-order valence-electron chi connectivity index (χ3n) is 5.56. The van der Waals surface area contributed by atoms with Crippen LogP contribution in [0.2, 0.25) is 0 Å². The first-order chi connectivity index (χ1) is 13.9. The number of fused-ring (bicyclic) bond motifs is 1. The van der Waals surface area contributed by atoms with Gasteiger partial charge in [0, 0.05) is 25.6 Å². The summed E-state index contributed by atoms with van der Waals surface area (Å²) in [7, 11) is -3.90. The second kappa shape index (κ2) is 8.14. The van der Waals surface area contributed by atoms with Gasteiger partial charge in [-0.1, -0.05) is 30.3 Å². The number of carbonyl (C=O) groups excluding carboxylic acids is 1. The van der Waals surface area contributed by atoms with Gasteiger partial charge in [0.05, 0.1) is 17.1 Å². The van der Waals surface area contributed by atoms with Crippen molar-refractivity contribution >= 4 is 15.9 Å². The van der Waals surface area contributed by atoms with Crippen LogP contribution in [0.15, 0.2) is 47.4 Å². The van der Waals surface area contributed by atoms with E-state index in [9.17, 15) is 13.2 Å². The van der Waals surface area contributed by atoms with Crippen molar-refractivity contribution in [1.29, 1.82) is 0 Å². The number of benzene rings is 2. The Morgan fingerprint density at radius 3 is 2.79 bits per heavy atom. The zero-order valence-electron chi connectivity index (χ0n) is 16.1. The van der Waals surface area contributed by atoms with Gasteiger partial charge in [0.15, 0.2) is 0 Å². The molecular formula is C21H25N3O4S. The third-order valence-corrected chi connectivity index (χ3v) is 6.45. The Morgan fingerprint density at radius 2 is 2.03 bits per heavy atom. The molecule has 2 aromatic rings. The van der Waals surface area contributed by atoms with Gasteiger partial charge < -0.3 is 10.1 Å². The number of amides is 1. The number of carbonyl (C=O) groups is 1. The summed E-state index contributed by atoms with van der Waals surface area (Å²) in [6.07, 6.45) is 2.66. The predicted octanol–water partition coefficient (Wildman–Crippen LogP) is 1.66. The lowest BCUT2D eigenvalue weighted by Crippen LogP contribution is -2.40. The summed E-state index contributed by atoms with van der Waals surface area (Å²) in [6.45, 7) is 2.77. The number of primary sulfonamides is 1. The van der Waals surface area contributed by atoms with Crippen molar-refractivity contribution < 1.29 is 17.9 Å². The van der Waals surface area contributed by atoms with Crippen LogP contribution in [-0.4, -0.2) is 45.0 Å². The van der Waals surface area contributed by atoms with E-state index in [0.717, 1.165) is 25.9 Å². The number of rotatable bonds is 6. The van der Waals surface area contributed by atoms with E-state index in [1.807, 2.05) is 18.2 Å². The van der Waals surface area contributed by atoms with E-state index in [0.29, 0.717) is 30.9 Å². The summed E-state index contributed by atoms with van der Waals surface area (Å²) in [4.78, 5) is 15.2. The molecule has 0 aromatic heterocycles. The van der Waals surface area contributed by atoms with Gasteiger partial charge >= 0.3 is 0 Å². The minimum Gasteiger partial charge on any atom is -0.492 e. The van der Waals surface area contributed by atoms with E-state index in [1.54, 1.807) is 0 Å². The maximum atomic E-state index is 12.9. The largest absolute Gasteiger partial charge is 0.492 e. The van der Waals surface area contributed by atoms with Crippen LogP contribution in [0.1, 0.15) is 34.3 Å². The molecule has 154 valence electrons. The summed E-state index contributed by atoms with van der Waals surface area (Å²) in [5, 5.41) is 8.25. The van der Waals surface area contributed by atoms with E-state index in [4.69, 9.17) is 9.88 Å². The van der Waals surface area contributed by atoms with Crippen LogP contribution in [0.4, 0.5) is 0 Å². The number of nitrogens with zero attached hydrogens (tertiary/aromatic N) is 1. The SMILES string of the molecule is NS(=O)(=O)c1cc2c(c(C(=O)NCC3CCCN3Cc3ccccc3)c1)OCC2. The first-order valence-corrected chi connectivity index (χ1v) is 11.3. The Kier molecular flexibility index (Phi) is 5.58. The highest BCUT2D eigenvalue weighted by Crippen LogP contribution is 2.32. The molecule has 29 heavy (non-hydrogen) atoms. The average molecular weight is 416 g/mol.